The van der Waals surface area contributed by atoms with Gasteiger partial charge in [-0.25, -0.2) is 0 Å². The minimum absolute atomic E-state index is 0.00122. The predicted molar refractivity (Wildman–Crippen MR) is 150 cm³/mol. The summed E-state index contributed by atoms with van der Waals surface area (Å²) in [5.41, 5.74) is 1.98. The number of hydrogen-bond acceptors (Lipinski definition) is 5. The molecule has 7 nitrogen and oxygen atoms in total. The van der Waals surface area contributed by atoms with Crippen molar-refractivity contribution in [1.29, 1.82) is 0 Å². The number of alkyl halides is 3. The zero-order valence-corrected chi connectivity index (χ0v) is 23.3. The van der Waals surface area contributed by atoms with Gasteiger partial charge in [-0.1, -0.05) is 41.4 Å². The van der Waals surface area contributed by atoms with Crippen LogP contribution in [0.2, 0.25) is 10.0 Å². The maximum Gasteiger partial charge on any atom is 0.416 e. The molecule has 0 aliphatic carbocycles. The Kier molecular flexibility index (Phi) is 9.37. The molecule has 1 heterocycles. The van der Waals surface area contributed by atoms with Gasteiger partial charge < -0.3 is 19.7 Å². The van der Waals surface area contributed by atoms with E-state index in [1.54, 1.807) is 12.1 Å². The van der Waals surface area contributed by atoms with Gasteiger partial charge in [-0.05, 0) is 61.0 Å². The van der Waals surface area contributed by atoms with Crippen molar-refractivity contribution in [2.45, 2.75) is 32.5 Å². The molecular formula is C29H24Cl2F3N3O4. The number of nitrogens with one attached hydrogen (secondary N) is 1. The number of amides is 2. The highest BCUT2D eigenvalue weighted by Gasteiger charge is 2.30. The average molecular weight is 606 g/mol. The summed E-state index contributed by atoms with van der Waals surface area (Å²) in [5, 5.41) is 3.64. The SMILES string of the molecule is Cc1ccc2cc(OCc3c(Cl)ccc(N(C)C(=O)C(NC=O)OCc4ccc(C(F)(F)F)cc4)c3Cl)ccc2n1. The van der Waals surface area contributed by atoms with Gasteiger partial charge in [-0.2, -0.15) is 13.2 Å². The van der Waals surface area contributed by atoms with E-state index < -0.39 is 23.9 Å². The molecule has 12 heteroatoms. The van der Waals surface area contributed by atoms with E-state index in [2.05, 4.69) is 10.3 Å². The van der Waals surface area contributed by atoms with E-state index in [1.807, 2.05) is 31.2 Å². The third-order valence-electron chi connectivity index (χ3n) is 6.18. The first-order valence-corrected chi connectivity index (χ1v) is 13.0. The summed E-state index contributed by atoms with van der Waals surface area (Å²) in [5.74, 6) is -0.116. The third kappa shape index (κ3) is 7.27. The molecule has 1 atom stereocenters. The summed E-state index contributed by atoms with van der Waals surface area (Å²) < 4.78 is 49.9. The number of hydrogen-bond donors (Lipinski definition) is 1. The van der Waals surface area contributed by atoms with Gasteiger partial charge >= 0.3 is 6.18 Å². The van der Waals surface area contributed by atoms with Crippen LogP contribution < -0.4 is 15.0 Å². The molecule has 214 valence electrons. The zero-order chi connectivity index (χ0) is 29.7. The number of anilines is 1. The molecule has 0 spiro atoms. The zero-order valence-electron chi connectivity index (χ0n) is 21.8. The molecule has 3 aromatic carbocycles. The number of pyridine rings is 1. The van der Waals surface area contributed by atoms with E-state index >= 15 is 0 Å². The molecule has 2 amide bonds. The smallest absolute Gasteiger partial charge is 0.416 e. The number of aromatic nitrogens is 1. The molecule has 0 aliphatic heterocycles. The van der Waals surface area contributed by atoms with E-state index in [9.17, 15) is 22.8 Å². The predicted octanol–water partition coefficient (Wildman–Crippen LogP) is 6.70. The van der Waals surface area contributed by atoms with Gasteiger partial charge in [0.1, 0.15) is 12.4 Å². The van der Waals surface area contributed by atoms with Crippen molar-refractivity contribution in [3.63, 3.8) is 0 Å². The van der Waals surface area contributed by atoms with Crippen molar-refractivity contribution in [2.75, 3.05) is 11.9 Å². The van der Waals surface area contributed by atoms with Crippen molar-refractivity contribution in [2.24, 2.45) is 0 Å². The van der Waals surface area contributed by atoms with Crippen molar-refractivity contribution < 1.29 is 32.2 Å². The normalized spacial score (nSPS) is 12.2. The van der Waals surface area contributed by atoms with Gasteiger partial charge in [0.15, 0.2) is 0 Å². The average Bonchev–Trinajstić information content (AvgIpc) is 2.94. The van der Waals surface area contributed by atoms with Gasteiger partial charge in [-0.15, -0.1) is 0 Å². The Balaban J connectivity index is 1.47. The molecule has 1 unspecified atom stereocenters. The molecule has 0 saturated heterocycles. The fourth-order valence-corrected chi connectivity index (χ4v) is 4.55. The number of nitrogens with zero attached hydrogens (tertiary/aromatic N) is 2. The highest BCUT2D eigenvalue weighted by Crippen LogP contribution is 2.35. The number of ether oxygens (including phenoxy) is 2. The van der Waals surface area contributed by atoms with Crippen molar-refractivity contribution in [3.05, 3.63) is 99.2 Å². The van der Waals surface area contributed by atoms with Gasteiger partial charge in [0.05, 0.1) is 28.4 Å². The van der Waals surface area contributed by atoms with Crippen LogP contribution in [0.3, 0.4) is 0 Å². The van der Waals surface area contributed by atoms with Crippen LogP contribution in [0.15, 0.2) is 66.7 Å². The number of carbonyl (C=O) groups excluding carboxylic acids is 2. The van der Waals surface area contributed by atoms with Gasteiger partial charge in [0, 0.05) is 28.7 Å². The second kappa shape index (κ2) is 12.8. The van der Waals surface area contributed by atoms with E-state index in [0.29, 0.717) is 21.9 Å². The number of fused-ring (bicyclic) bond motifs is 1. The summed E-state index contributed by atoms with van der Waals surface area (Å²) in [6, 6.07) is 16.7. The van der Waals surface area contributed by atoms with Crippen LogP contribution in [0, 0.1) is 6.92 Å². The van der Waals surface area contributed by atoms with E-state index in [0.717, 1.165) is 28.7 Å². The molecule has 0 saturated carbocycles. The largest absolute Gasteiger partial charge is 0.489 e. The van der Waals surface area contributed by atoms with E-state index in [-0.39, 0.29) is 30.3 Å². The third-order valence-corrected chi connectivity index (χ3v) is 6.96. The van der Waals surface area contributed by atoms with Crippen LogP contribution in [0.5, 0.6) is 5.75 Å². The van der Waals surface area contributed by atoms with Crippen LogP contribution in [0.4, 0.5) is 18.9 Å². The lowest BCUT2D eigenvalue weighted by atomic mass is 10.1. The summed E-state index contributed by atoms with van der Waals surface area (Å²) in [6.45, 7) is 1.67. The molecule has 0 aliphatic rings. The molecule has 4 rings (SSSR count). The molecule has 1 N–H and O–H groups in total. The van der Waals surface area contributed by atoms with Crippen LogP contribution in [0.25, 0.3) is 10.9 Å². The van der Waals surface area contributed by atoms with Gasteiger partial charge in [0.25, 0.3) is 5.91 Å². The Labute approximate surface area is 243 Å². The first-order valence-electron chi connectivity index (χ1n) is 12.2. The number of benzene rings is 3. The lowest BCUT2D eigenvalue weighted by Crippen LogP contribution is -2.46. The first-order chi connectivity index (χ1) is 19.5. The second-order valence-electron chi connectivity index (χ2n) is 9.02. The molecule has 41 heavy (non-hydrogen) atoms. The number of rotatable bonds is 10. The molecular weight excluding hydrogens is 582 g/mol. The number of likely N-dealkylation sites (N-methyl/N-ethyl adjacent to an activating group) is 1. The van der Waals surface area contributed by atoms with E-state index in [1.165, 1.54) is 30.1 Å². The van der Waals surface area contributed by atoms with E-state index in [4.69, 9.17) is 32.7 Å². The van der Waals surface area contributed by atoms with Gasteiger partial charge in [0.2, 0.25) is 12.6 Å². The Morgan fingerprint density at radius 2 is 1.78 bits per heavy atom. The number of halogens is 5. The summed E-state index contributed by atoms with van der Waals surface area (Å²) in [4.78, 5) is 30.0. The maximum atomic E-state index is 13.2. The molecule has 0 radical (unpaired) electrons. The summed E-state index contributed by atoms with van der Waals surface area (Å²) in [7, 11) is 1.43. The monoisotopic (exact) mass is 605 g/mol. The lowest BCUT2D eigenvalue weighted by Gasteiger charge is -2.25. The Bertz CT molecular complexity index is 1570. The summed E-state index contributed by atoms with van der Waals surface area (Å²) >= 11 is 13.0. The molecule has 0 bridgehead atoms. The van der Waals surface area contributed by atoms with Crippen LogP contribution >= 0.6 is 23.2 Å². The molecule has 0 fully saturated rings. The van der Waals surface area contributed by atoms with Crippen LogP contribution in [-0.4, -0.2) is 30.6 Å². The standard InChI is InChI=1S/C29H24Cl2F3N3O4/c1-17-3-6-19-13-21(9-11-24(19)36-17)40-15-22-23(30)10-12-25(26(22)31)37(2)28(39)27(35-16-38)41-14-18-4-7-20(8-5-18)29(32,33)34/h3-13,16,27H,14-15H2,1-2H3,(H,35,38). The first kappa shape index (κ1) is 30.1. The van der Waals surface area contributed by atoms with Crippen molar-refractivity contribution in [1.82, 2.24) is 10.3 Å². The van der Waals surface area contributed by atoms with Crippen molar-refractivity contribution >= 4 is 52.1 Å². The highest BCUT2D eigenvalue weighted by molar-refractivity contribution is 6.38. The Hall–Kier alpha value is -3.86. The Morgan fingerprint density at radius 1 is 1.05 bits per heavy atom. The Morgan fingerprint density at radius 3 is 2.46 bits per heavy atom. The highest BCUT2D eigenvalue weighted by atomic mass is 35.5. The number of aryl methyl sites for hydroxylation is 1. The summed E-state index contributed by atoms with van der Waals surface area (Å²) in [6.07, 6.45) is -5.64. The van der Waals surface area contributed by atoms with Crippen LogP contribution in [-0.2, 0) is 33.7 Å². The quantitative estimate of drug-likeness (QED) is 0.161. The molecule has 4 aromatic rings. The second-order valence-corrected chi connectivity index (χ2v) is 9.81. The number of carbonyl (C=O) groups is 2. The van der Waals surface area contributed by atoms with Gasteiger partial charge in [-0.3, -0.25) is 14.6 Å². The van der Waals surface area contributed by atoms with Crippen molar-refractivity contribution in [3.8, 4) is 5.75 Å². The minimum Gasteiger partial charge on any atom is -0.489 e. The lowest BCUT2D eigenvalue weighted by molar-refractivity contribution is -0.137. The minimum atomic E-state index is -4.48. The topological polar surface area (TPSA) is 80.8 Å². The molecule has 1 aromatic heterocycles. The fourth-order valence-electron chi connectivity index (χ4n) is 3.94. The maximum absolute atomic E-state index is 13.2. The fraction of sp³-hybridized carbons (Fsp3) is 0.207. The van der Waals surface area contributed by atoms with Crippen LogP contribution in [0.1, 0.15) is 22.4 Å².